The third-order valence-electron chi connectivity index (χ3n) is 4.28. The molecule has 0 aliphatic carbocycles. The van der Waals surface area contributed by atoms with Crippen LogP contribution in [0.3, 0.4) is 0 Å². The van der Waals surface area contributed by atoms with Gasteiger partial charge in [0.1, 0.15) is 6.04 Å². The lowest BCUT2D eigenvalue weighted by atomic mass is 9.98. The minimum atomic E-state index is -0.628. The van der Waals surface area contributed by atoms with Crippen molar-refractivity contribution >= 4 is 12.0 Å². The highest BCUT2D eigenvalue weighted by Gasteiger charge is 2.27. The van der Waals surface area contributed by atoms with Gasteiger partial charge in [-0.3, -0.25) is 4.79 Å². The normalized spacial score (nSPS) is 11.7. The maximum atomic E-state index is 12.8. The van der Waals surface area contributed by atoms with Crippen LogP contribution in [0.15, 0.2) is 54.6 Å². The Morgan fingerprint density at radius 1 is 1.04 bits per heavy atom. The fourth-order valence-corrected chi connectivity index (χ4v) is 2.83. The van der Waals surface area contributed by atoms with Crippen LogP contribution in [0.2, 0.25) is 0 Å². The molecule has 26 heavy (non-hydrogen) atoms. The van der Waals surface area contributed by atoms with E-state index in [2.05, 4.69) is 28.3 Å². The van der Waals surface area contributed by atoms with Gasteiger partial charge in [0.15, 0.2) is 0 Å². The van der Waals surface area contributed by atoms with E-state index in [1.807, 2.05) is 50.2 Å². The summed E-state index contributed by atoms with van der Waals surface area (Å²) in [6.45, 7) is 4.24. The minimum Gasteiger partial charge on any atom is -0.453 e. The molecule has 1 unspecified atom stereocenters. The average Bonchev–Trinajstić information content (AvgIpc) is 2.66. The third kappa shape index (κ3) is 4.85. The van der Waals surface area contributed by atoms with Gasteiger partial charge in [0.05, 0.1) is 7.11 Å². The second-order valence-corrected chi connectivity index (χ2v) is 6.58. The van der Waals surface area contributed by atoms with Gasteiger partial charge < -0.3 is 15.0 Å². The molecule has 0 bridgehead atoms. The molecule has 0 saturated heterocycles. The van der Waals surface area contributed by atoms with Gasteiger partial charge in [0.2, 0.25) is 5.91 Å². The summed E-state index contributed by atoms with van der Waals surface area (Å²) in [7, 11) is 3.04. The topological polar surface area (TPSA) is 58.6 Å². The van der Waals surface area contributed by atoms with Gasteiger partial charge in [-0.25, -0.2) is 4.79 Å². The zero-order valence-electron chi connectivity index (χ0n) is 15.7. The molecule has 0 saturated carbocycles. The predicted octanol–water partition coefficient (Wildman–Crippen LogP) is 3.69. The molecule has 2 rings (SSSR count). The zero-order chi connectivity index (χ0) is 19.1. The summed E-state index contributed by atoms with van der Waals surface area (Å²) in [4.78, 5) is 26.0. The highest BCUT2D eigenvalue weighted by Crippen LogP contribution is 2.24. The number of carbonyl (C=O) groups excluding carboxylic acids is 2. The molecule has 138 valence electrons. The molecule has 5 nitrogen and oxygen atoms in total. The second kappa shape index (κ2) is 9.04. The highest BCUT2D eigenvalue weighted by atomic mass is 16.5. The summed E-state index contributed by atoms with van der Waals surface area (Å²) >= 11 is 0. The summed E-state index contributed by atoms with van der Waals surface area (Å²) in [5.41, 5.74) is 3.25. The Hall–Kier alpha value is -2.82. The van der Waals surface area contributed by atoms with Gasteiger partial charge in [-0.2, -0.15) is 0 Å². The Morgan fingerprint density at radius 3 is 2.27 bits per heavy atom. The minimum absolute atomic E-state index is 0.0478. The Morgan fingerprint density at radius 2 is 1.65 bits per heavy atom. The zero-order valence-corrected chi connectivity index (χ0v) is 15.7. The van der Waals surface area contributed by atoms with E-state index in [1.165, 1.54) is 7.11 Å². The van der Waals surface area contributed by atoms with E-state index < -0.39 is 12.1 Å². The molecule has 1 N–H and O–H groups in total. The lowest BCUT2D eigenvalue weighted by Gasteiger charge is -2.27. The molecule has 0 spiro atoms. The lowest BCUT2D eigenvalue weighted by molar-refractivity contribution is -0.133. The number of likely N-dealkylation sites (N-methyl/N-ethyl adjacent to an activating group) is 1. The highest BCUT2D eigenvalue weighted by molar-refractivity contribution is 5.86. The SMILES string of the molecule is COC(=O)NC(C(=O)N(C)Cc1ccccc1-c1ccccc1)C(C)C. The van der Waals surface area contributed by atoms with Crippen molar-refractivity contribution in [3.05, 3.63) is 60.2 Å². The van der Waals surface area contributed by atoms with Crippen molar-refractivity contribution in [3.63, 3.8) is 0 Å². The van der Waals surface area contributed by atoms with Crippen molar-refractivity contribution in [2.75, 3.05) is 14.2 Å². The summed E-state index contributed by atoms with van der Waals surface area (Å²) in [6.07, 6.45) is -0.602. The van der Waals surface area contributed by atoms with Crippen LogP contribution in [-0.2, 0) is 16.1 Å². The molecule has 1 atom stereocenters. The van der Waals surface area contributed by atoms with Crippen molar-refractivity contribution in [3.8, 4) is 11.1 Å². The van der Waals surface area contributed by atoms with Gasteiger partial charge in [0, 0.05) is 13.6 Å². The van der Waals surface area contributed by atoms with Gasteiger partial charge in [-0.05, 0) is 22.6 Å². The van der Waals surface area contributed by atoms with Crippen LogP contribution in [0.4, 0.5) is 4.79 Å². The van der Waals surface area contributed by atoms with E-state index in [9.17, 15) is 9.59 Å². The number of benzene rings is 2. The number of rotatable bonds is 6. The maximum absolute atomic E-state index is 12.8. The van der Waals surface area contributed by atoms with E-state index >= 15 is 0 Å². The van der Waals surface area contributed by atoms with Crippen LogP contribution >= 0.6 is 0 Å². The van der Waals surface area contributed by atoms with Crippen molar-refractivity contribution in [2.24, 2.45) is 5.92 Å². The monoisotopic (exact) mass is 354 g/mol. The fraction of sp³-hybridized carbons (Fsp3) is 0.333. The molecule has 0 aliphatic heterocycles. The van der Waals surface area contributed by atoms with E-state index in [4.69, 9.17) is 0 Å². The first-order valence-electron chi connectivity index (χ1n) is 8.66. The first kappa shape index (κ1) is 19.5. The number of ether oxygens (including phenoxy) is 1. The van der Waals surface area contributed by atoms with E-state index in [1.54, 1.807) is 11.9 Å². The molecular formula is C21H26N2O3. The van der Waals surface area contributed by atoms with E-state index in [-0.39, 0.29) is 11.8 Å². The maximum Gasteiger partial charge on any atom is 0.407 e. The van der Waals surface area contributed by atoms with Gasteiger partial charge in [-0.1, -0.05) is 68.4 Å². The van der Waals surface area contributed by atoms with E-state index in [0.29, 0.717) is 6.54 Å². The summed E-state index contributed by atoms with van der Waals surface area (Å²) < 4.78 is 4.64. The Balaban J connectivity index is 2.20. The van der Waals surface area contributed by atoms with Crippen LogP contribution in [-0.4, -0.2) is 37.1 Å². The molecule has 2 amide bonds. The van der Waals surface area contributed by atoms with Gasteiger partial charge in [-0.15, -0.1) is 0 Å². The standard InChI is InChI=1S/C21H26N2O3/c1-15(2)19(22-21(25)26-4)20(24)23(3)14-17-12-8-9-13-18(17)16-10-6-5-7-11-16/h5-13,15,19H,14H2,1-4H3,(H,22,25). The number of nitrogens with one attached hydrogen (secondary N) is 1. The molecular weight excluding hydrogens is 328 g/mol. The van der Waals surface area contributed by atoms with Crippen LogP contribution < -0.4 is 5.32 Å². The Bertz CT molecular complexity index is 744. The van der Waals surface area contributed by atoms with Crippen molar-refractivity contribution in [2.45, 2.75) is 26.4 Å². The number of hydrogen-bond acceptors (Lipinski definition) is 3. The molecule has 0 aliphatic rings. The largest absolute Gasteiger partial charge is 0.453 e. The molecule has 0 radical (unpaired) electrons. The Kier molecular flexibility index (Phi) is 6.78. The van der Waals surface area contributed by atoms with Crippen LogP contribution in [0.25, 0.3) is 11.1 Å². The van der Waals surface area contributed by atoms with Crippen LogP contribution in [0.5, 0.6) is 0 Å². The summed E-state index contributed by atoms with van der Waals surface area (Å²) in [5.74, 6) is -0.193. The van der Waals surface area contributed by atoms with Crippen molar-refractivity contribution in [1.29, 1.82) is 0 Å². The van der Waals surface area contributed by atoms with E-state index in [0.717, 1.165) is 16.7 Å². The third-order valence-corrected chi connectivity index (χ3v) is 4.28. The molecule has 0 aromatic heterocycles. The van der Waals surface area contributed by atoms with Crippen LogP contribution in [0.1, 0.15) is 19.4 Å². The Labute approximate surface area is 155 Å². The number of hydrogen-bond donors (Lipinski definition) is 1. The van der Waals surface area contributed by atoms with Gasteiger partial charge in [0.25, 0.3) is 0 Å². The molecule has 5 heteroatoms. The van der Waals surface area contributed by atoms with Gasteiger partial charge >= 0.3 is 6.09 Å². The quantitative estimate of drug-likeness (QED) is 0.861. The molecule has 2 aromatic rings. The lowest BCUT2D eigenvalue weighted by Crippen LogP contribution is -2.50. The summed E-state index contributed by atoms with van der Waals surface area (Å²) in [6, 6.07) is 17.5. The first-order valence-corrected chi connectivity index (χ1v) is 8.66. The predicted molar refractivity (Wildman–Crippen MR) is 103 cm³/mol. The number of nitrogens with zero attached hydrogens (tertiary/aromatic N) is 1. The molecule has 0 fully saturated rings. The van der Waals surface area contributed by atoms with Crippen molar-refractivity contribution in [1.82, 2.24) is 10.2 Å². The second-order valence-electron chi connectivity index (χ2n) is 6.58. The van der Waals surface area contributed by atoms with Crippen LogP contribution in [0, 0.1) is 5.92 Å². The molecule has 2 aromatic carbocycles. The molecule has 0 heterocycles. The number of alkyl carbamates (subject to hydrolysis) is 1. The fourth-order valence-electron chi connectivity index (χ4n) is 2.83. The number of amides is 2. The van der Waals surface area contributed by atoms with Crippen molar-refractivity contribution < 1.29 is 14.3 Å². The number of methoxy groups -OCH3 is 1. The number of carbonyl (C=O) groups is 2. The smallest absolute Gasteiger partial charge is 0.407 e. The average molecular weight is 354 g/mol. The summed E-state index contributed by atoms with van der Waals surface area (Å²) in [5, 5.41) is 2.63. The first-order chi connectivity index (χ1) is 12.4.